The Kier molecular flexibility index (Phi) is 5.25. The van der Waals surface area contributed by atoms with Gasteiger partial charge in [-0.15, -0.1) is 11.3 Å². The number of urea groups is 1. The third-order valence-corrected chi connectivity index (χ3v) is 4.39. The Bertz CT molecular complexity index is 492. The Hall–Kier alpha value is -1.27. The highest BCUT2D eigenvalue weighted by molar-refractivity contribution is 7.16. The van der Waals surface area contributed by atoms with Gasteiger partial charge in [0, 0.05) is 30.9 Å². The fourth-order valence-corrected chi connectivity index (χ4v) is 3.32. The number of carbonyl (C=O) groups excluding carboxylic acids is 2. The molecule has 0 saturated carbocycles. The summed E-state index contributed by atoms with van der Waals surface area (Å²) in [6, 6.07) is 3.69. The maximum Gasteiger partial charge on any atom is 0.317 e. The number of nitrogens with zero attached hydrogens (tertiary/aromatic N) is 1. The van der Waals surface area contributed by atoms with Crippen molar-refractivity contribution in [2.45, 2.75) is 32.4 Å². The number of rotatable bonds is 3. The van der Waals surface area contributed by atoms with Crippen LogP contribution in [0.5, 0.6) is 0 Å². The van der Waals surface area contributed by atoms with E-state index in [0.717, 1.165) is 28.6 Å². The van der Waals surface area contributed by atoms with Gasteiger partial charge in [-0.3, -0.25) is 4.79 Å². The first-order valence-electron chi connectivity index (χ1n) is 6.58. The quantitative estimate of drug-likeness (QED) is 0.898. The number of amides is 3. The predicted molar refractivity (Wildman–Crippen MR) is 80.0 cm³/mol. The Morgan fingerprint density at radius 1 is 1.50 bits per heavy atom. The minimum atomic E-state index is -0.0930. The first-order chi connectivity index (χ1) is 9.54. The molecule has 5 nitrogen and oxygen atoms in total. The molecule has 110 valence electrons. The van der Waals surface area contributed by atoms with E-state index < -0.39 is 0 Å². The molecule has 2 rings (SSSR count). The van der Waals surface area contributed by atoms with E-state index in [9.17, 15) is 9.59 Å². The predicted octanol–water partition coefficient (Wildman–Crippen LogP) is 2.21. The van der Waals surface area contributed by atoms with Gasteiger partial charge in [-0.2, -0.15) is 0 Å². The standard InChI is InChI=1S/C13H18ClN3O2S/c1-9(18)16-10-3-2-6-17(8-10)13(19)15-7-11-4-5-12(14)20-11/h4-5,10H,2-3,6-8H2,1H3,(H,15,19)(H,16,18)/t10-/m1/s1. The van der Waals surface area contributed by atoms with E-state index >= 15 is 0 Å². The Balaban J connectivity index is 1.81. The van der Waals surface area contributed by atoms with Gasteiger partial charge in [0.15, 0.2) is 0 Å². The molecule has 1 atom stereocenters. The Morgan fingerprint density at radius 2 is 2.30 bits per heavy atom. The smallest absolute Gasteiger partial charge is 0.317 e. The first-order valence-corrected chi connectivity index (χ1v) is 7.78. The number of hydrogen-bond acceptors (Lipinski definition) is 3. The third-order valence-electron chi connectivity index (χ3n) is 3.16. The number of halogens is 1. The zero-order valence-electron chi connectivity index (χ0n) is 11.3. The van der Waals surface area contributed by atoms with Crippen LogP contribution in [0.15, 0.2) is 12.1 Å². The summed E-state index contributed by atoms with van der Waals surface area (Å²) >= 11 is 7.31. The molecular weight excluding hydrogens is 298 g/mol. The van der Waals surface area contributed by atoms with E-state index in [0.29, 0.717) is 13.1 Å². The lowest BCUT2D eigenvalue weighted by atomic mass is 10.1. The first kappa shape index (κ1) is 15.1. The van der Waals surface area contributed by atoms with Crippen molar-refractivity contribution in [1.82, 2.24) is 15.5 Å². The summed E-state index contributed by atoms with van der Waals surface area (Å²) in [4.78, 5) is 25.9. The molecule has 1 aromatic rings. The lowest BCUT2D eigenvalue weighted by Crippen LogP contribution is -2.51. The minimum Gasteiger partial charge on any atom is -0.352 e. The molecule has 1 saturated heterocycles. The van der Waals surface area contributed by atoms with Crippen LogP contribution in [0.4, 0.5) is 4.79 Å². The second kappa shape index (κ2) is 6.95. The average Bonchev–Trinajstić information content (AvgIpc) is 2.81. The van der Waals surface area contributed by atoms with Gasteiger partial charge in [0.05, 0.1) is 10.9 Å². The van der Waals surface area contributed by atoms with E-state index in [1.165, 1.54) is 18.3 Å². The van der Waals surface area contributed by atoms with Gasteiger partial charge in [0.2, 0.25) is 5.91 Å². The molecule has 0 radical (unpaired) electrons. The second-order valence-electron chi connectivity index (χ2n) is 4.85. The van der Waals surface area contributed by atoms with Crippen LogP contribution in [0.3, 0.4) is 0 Å². The number of hydrogen-bond donors (Lipinski definition) is 2. The minimum absolute atomic E-state index is 0.0505. The van der Waals surface area contributed by atoms with E-state index in [1.54, 1.807) is 4.90 Å². The van der Waals surface area contributed by atoms with Crippen LogP contribution < -0.4 is 10.6 Å². The molecule has 2 N–H and O–H groups in total. The molecule has 1 aliphatic rings. The summed E-state index contributed by atoms with van der Waals surface area (Å²) in [5.74, 6) is -0.0505. The number of piperidine rings is 1. The van der Waals surface area contributed by atoms with Gasteiger partial charge >= 0.3 is 6.03 Å². The molecule has 2 heterocycles. The molecule has 0 spiro atoms. The van der Waals surface area contributed by atoms with Crippen molar-refractivity contribution in [2.24, 2.45) is 0 Å². The molecule has 3 amide bonds. The molecule has 20 heavy (non-hydrogen) atoms. The molecule has 1 aromatic heterocycles. The van der Waals surface area contributed by atoms with Crippen molar-refractivity contribution in [3.63, 3.8) is 0 Å². The van der Waals surface area contributed by atoms with E-state index in [1.807, 2.05) is 12.1 Å². The molecule has 0 unspecified atom stereocenters. The Labute approximate surface area is 127 Å². The number of thiophene rings is 1. The normalized spacial score (nSPS) is 18.7. The molecule has 7 heteroatoms. The van der Waals surface area contributed by atoms with Crippen LogP contribution in [0, 0.1) is 0 Å². The van der Waals surface area contributed by atoms with Crippen molar-refractivity contribution in [3.05, 3.63) is 21.3 Å². The molecule has 1 fully saturated rings. The van der Waals surface area contributed by atoms with Crippen molar-refractivity contribution in [1.29, 1.82) is 0 Å². The molecule has 0 aromatic carbocycles. The van der Waals surface area contributed by atoms with Crippen molar-refractivity contribution >= 4 is 34.9 Å². The van der Waals surface area contributed by atoms with E-state index in [2.05, 4.69) is 10.6 Å². The lowest BCUT2D eigenvalue weighted by Gasteiger charge is -2.32. The highest BCUT2D eigenvalue weighted by atomic mass is 35.5. The summed E-state index contributed by atoms with van der Waals surface area (Å²) in [7, 11) is 0. The lowest BCUT2D eigenvalue weighted by molar-refractivity contribution is -0.119. The molecule has 0 bridgehead atoms. The van der Waals surface area contributed by atoms with Crippen molar-refractivity contribution in [2.75, 3.05) is 13.1 Å². The fourth-order valence-electron chi connectivity index (χ4n) is 2.29. The molecule has 0 aliphatic carbocycles. The van der Waals surface area contributed by atoms with Crippen LogP contribution >= 0.6 is 22.9 Å². The average molecular weight is 316 g/mol. The van der Waals surface area contributed by atoms with E-state index in [-0.39, 0.29) is 18.0 Å². The third kappa shape index (κ3) is 4.38. The topological polar surface area (TPSA) is 61.4 Å². The van der Waals surface area contributed by atoms with Gasteiger partial charge in [-0.05, 0) is 25.0 Å². The van der Waals surface area contributed by atoms with Crippen molar-refractivity contribution in [3.8, 4) is 0 Å². The summed E-state index contributed by atoms with van der Waals surface area (Å²) in [5, 5.41) is 5.75. The van der Waals surface area contributed by atoms with Gasteiger partial charge < -0.3 is 15.5 Å². The highest BCUT2D eigenvalue weighted by Crippen LogP contribution is 2.21. The maximum absolute atomic E-state index is 12.1. The summed E-state index contributed by atoms with van der Waals surface area (Å²) < 4.78 is 0.720. The van der Waals surface area contributed by atoms with Crippen LogP contribution in [0.1, 0.15) is 24.6 Å². The zero-order valence-corrected chi connectivity index (χ0v) is 12.9. The van der Waals surface area contributed by atoms with Crippen LogP contribution in [-0.2, 0) is 11.3 Å². The zero-order chi connectivity index (χ0) is 14.5. The largest absolute Gasteiger partial charge is 0.352 e. The highest BCUT2D eigenvalue weighted by Gasteiger charge is 2.23. The fraction of sp³-hybridized carbons (Fsp3) is 0.538. The van der Waals surface area contributed by atoms with Gasteiger partial charge in [0.25, 0.3) is 0 Å². The number of likely N-dealkylation sites (tertiary alicyclic amines) is 1. The molecule has 1 aliphatic heterocycles. The van der Waals surface area contributed by atoms with Crippen LogP contribution in [0.2, 0.25) is 4.34 Å². The summed E-state index contributed by atoms with van der Waals surface area (Å²) in [6.07, 6.45) is 1.83. The van der Waals surface area contributed by atoms with Gasteiger partial charge in [0.1, 0.15) is 0 Å². The SMILES string of the molecule is CC(=O)N[C@@H]1CCCN(C(=O)NCc2ccc(Cl)s2)C1. The summed E-state index contributed by atoms with van der Waals surface area (Å²) in [5.41, 5.74) is 0. The van der Waals surface area contributed by atoms with Crippen molar-refractivity contribution < 1.29 is 9.59 Å². The second-order valence-corrected chi connectivity index (χ2v) is 6.65. The monoisotopic (exact) mass is 315 g/mol. The number of carbonyl (C=O) groups is 2. The van der Waals surface area contributed by atoms with Crippen LogP contribution in [0.25, 0.3) is 0 Å². The molecular formula is C13H18ClN3O2S. The maximum atomic E-state index is 12.1. The van der Waals surface area contributed by atoms with Gasteiger partial charge in [-0.25, -0.2) is 4.79 Å². The van der Waals surface area contributed by atoms with Crippen LogP contribution in [-0.4, -0.2) is 36.0 Å². The number of nitrogens with one attached hydrogen (secondary N) is 2. The Morgan fingerprint density at radius 3 is 2.95 bits per heavy atom. The van der Waals surface area contributed by atoms with Gasteiger partial charge in [-0.1, -0.05) is 11.6 Å². The van der Waals surface area contributed by atoms with E-state index in [4.69, 9.17) is 11.6 Å². The summed E-state index contributed by atoms with van der Waals surface area (Å²) in [6.45, 7) is 3.28.